The Balaban J connectivity index is 2.02. The van der Waals surface area contributed by atoms with E-state index in [2.05, 4.69) is 15.3 Å². The number of rotatable bonds is 7. The van der Waals surface area contributed by atoms with Crippen molar-refractivity contribution in [2.45, 2.75) is 32.3 Å². The number of nitrogens with one attached hydrogen (secondary N) is 1. The molecule has 8 heteroatoms. The maximum atomic E-state index is 12.2. The summed E-state index contributed by atoms with van der Waals surface area (Å²) < 4.78 is 5.04. The topological polar surface area (TPSA) is 81.2 Å². The lowest BCUT2D eigenvalue weighted by atomic mass is 10.2. The molecule has 0 fully saturated rings. The molecule has 2 heterocycles. The minimum Gasteiger partial charge on any atom is -0.462 e. The number of thioether (sulfide) groups is 1. The zero-order chi connectivity index (χ0) is 17.5. The number of carbonyl (C=O) groups excluding carboxylic acids is 2. The second-order valence-electron chi connectivity index (χ2n) is 4.85. The molecule has 128 valence electrons. The van der Waals surface area contributed by atoms with Crippen LogP contribution in [0.25, 0.3) is 0 Å². The van der Waals surface area contributed by atoms with E-state index >= 15 is 0 Å². The second kappa shape index (κ2) is 8.79. The molecule has 0 aliphatic carbocycles. The Hall–Kier alpha value is -1.93. The maximum Gasteiger partial charge on any atom is 0.341 e. The standard InChI is InChI=1S/C16H19N3O3S2/c1-4-11-8-12(15(21)22-5-2)14(24-11)19-13(20)9-23-16-17-7-6-10(3)18-16/h6-8H,4-5,9H2,1-3H3,(H,19,20). The van der Waals surface area contributed by atoms with Crippen molar-refractivity contribution < 1.29 is 14.3 Å². The smallest absolute Gasteiger partial charge is 0.341 e. The molecule has 1 amide bonds. The minimum atomic E-state index is -0.418. The van der Waals surface area contributed by atoms with Gasteiger partial charge < -0.3 is 10.1 Å². The van der Waals surface area contributed by atoms with Crippen LogP contribution < -0.4 is 5.32 Å². The Bertz CT molecular complexity index is 731. The van der Waals surface area contributed by atoms with Crippen molar-refractivity contribution in [3.8, 4) is 0 Å². The van der Waals surface area contributed by atoms with Crippen LogP contribution in [0.15, 0.2) is 23.5 Å². The molecule has 1 N–H and O–H groups in total. The fourth-order valence-electron chi connectivity index (χ4n) is 1.86. The zero-order valence-corrected chi connectivity index (χ0v) is 15.4. The molecular formula is C16H19N3O3S2. The van der Waals surface area contributed by atoms with E-state index in [1.807, 2.05) is 13.8 Å². The van der Waals surface area contributed by atoms with Crippen molar-refractivity contribution in [1.82, 2.24) is 9.97 Å². The lowest BCUT2D eigenvalue weighted by Gasteiger charge is -2.06. The molecule has 6 nitrogen and oxygen atoms in total. The molecule has 0 spiro atoms. The zero-order valence-electron chi connectivity index (χ0n) is 13.8. The van der Waals surface area contributed by atoms with Crippen LogP contribution in [0.1, 0.15) is 34.8 Å². The van der Waals surface area contributed by atoms with Gasteiger partial charge in [-0.15, -0.1) is 11.3 Å². The maximum absolute atomic E-state index is 12.2. The van der Waals surface area contributed by atoms with E-state index in [4.69, 9.17) is 4.74 Å². The Kier molecular flexibility index (Phi) is 6.74. The molecule has 0 radical (unpaired) electrons. The fraction of sp³-hybridized carbons (Fsp3) is 0.375. The minimum absolute atomic E-state index is 0.172. The molecule has 0 saturated heterocycles. The average molecular weight is 365 g/mol. The van der Waals surface area contributed by atoms with Gasteiger partial charge in [0.25, 0.3) is 0 Å². The quantitative estimate of drug-likeness (QED) is 0.460. The average Bonchev–Trinajstić information content (AvgIpc) is 2.96. The second-order valence-corrected chi connectivity index (χ2v) is 6.93. The van der Waals surface area contributed by atoms with Crippen LogP contribution in [0.4, 0.5) is 5.00 Å². The van der Waals surface area contributed by atoms with Crippen molar-refractivity contribution in [2.75, 3.05) is 17.7 Å². The van der Waals surface area contributed by atoms with E-state index in [0.717, 1.165) is 17.0 Å². The van der Waals surface area contributed by atoms with Gasteiger partial charge in [0, 0.05) is 16.8 Å². The van der Waals surface area contributed by atoms with Gasteiger partial charge in [-0.05, 0) is 32.4 Å². The first-order valence-corrected chi connectivity index (χ1v) is 9.35. The lowest BCUT2D eigenvalue weighted by molar-refractivity contribution is -0.113. The monoisotopic (exact) mass is 365 g/mol. The van der Waals surface area contributed by atoms with Crippen LogP contribution in [0.3, 0.4) is 0 Å². The molecule has 0 saturated carbocycles. The number of nitrogens with zero attached hydrogens (tertiary/aromatic N) is 2. The Labute approximate surface area is 149 Å². The highest BCUT2D eigenvalue weighted by Crippen LogP contribution is 2.29. The number of carbonyl (C=O) groups is 2. The molecular weight excluding hydrogens is 346 g/mol. The lowest BCUT2D eigenvalue weighted by Crippen LogP contribution is -2.16. The van der Waals surface area contributed by atoms with Crippen LogP contribution in [-0.4, -0.2) is 34.2 Å². The van der Waals surface area contributed by atoms with Gasteiger partial charge in [-0.3, -0.25) is 4.79 Å². The van der Waals surface area contributed by atoms with Crippen molar-refractivity contribution >= 4 is 40.0 Å². The highest BCUT2D eigenvalue weighted by atomic mass is 32.2. The highest BCUT2D eigenvalue weighted by Gasteiger charge is 2.18. The van der Waals surface area contributed by atoms with Gasteiger partial charge in [0.05, 0.1) is 17.9 Å². The van der Waals surface area contributed by atoms with Gasteiger partial charge in [0.15, 0.2) is 5.16 Å². The van der Waals surface area contributed by atoms with E-state index in [1.54, 1.807) is 25.3 Å². The number of hydrogen-bond acceptors (Lipinski definition) is 7. The van der Waals surface area contributed by atoms with Gasteiger partial charge in [0.2, 0.25) is 5.91 Å². The summed E-state index contributed by atoms with van der Waals surface area (Å²) in [7, 11) is 0. The summed E-state index contributed by atoms with van der Waals surface area (Å²) in [5.41, 5.74) is 1.26. The van der Waals surface area contributed by atoms with E-state index in [0.29, 0.717) is 22.3 Å². The van der Waals surface area contributed by atoms with Crippen molar-refractivity contribution in [2.24, 2.45) is 0 Å². The highest BCUT2D eigenvalue weighted by molar-refractivity contribution is 7.99. The molecule has 0 bridgehead atoms. The summed E-state index contributed by atoms with van der Waals surface area (Å²) in [6.45, 7) is 5.92. The van der Waals surface area contributed by atoms with Crippen LogP contribution in [-0.2, 0) is 16.0 Å². The van der Waals surface area contributed by atoms with Crippen molar-refractivity contribution in [3.63, 3.8) is 0 Å². The number of esters is 1. The van der Waals surface area contributed by atoms with Crippen molar-refractivity contribution in [1.29, 1.82) is 0 Å². The van der Waals surface area contributed by atoms with E-state index in [-0.39, 0.29) is 11.7 Å². The number of amides is 1. The molecule has 2 aromatic rings. The molecule has 24 heavy (non-hydrogen) atoms. The Morgan fingerprint density at radius 2 is 2.17 bits per heavy atom. The molecule has 0 aliphatic heterocycles. The molecule has 0 aliphatic rings. The fourth-order valence-corrected chi connectivity index (χ4v) is 3.53. The number of aromatic nitrogens is 2. The van der Waals surface area contributed by atoms with Gasteiger partial charge in [-0.2, -0.15) is 0 Å². The van der Waals surface area contributed by atoms with Gasteiger partial charge in [-0.1, -0.05) is 18.7 Å². The van der Waals surface area contributed by atoms with Crippen LogP contribution in [0, 0.1) is 6.92 Å². The van der Waals surface area contributed by atoms with Crippen molar-refractivity contribution in [3.05, 3.63) is 34.5 Å². The van der Waals surface area contributed by atoms with Crippen LogP contribution in [0.2, 0.25) is 0 Å². The molecule has 0 atom stereocenters. The van der Waals surface area contributed by atoms with Gasteiger partial charge >= 0.3 is 5.97 Å². The third kappa shape index (κ3) is 5.04. The summed E-state index contributed by atoms with van der Waals surface area (Å²) in [5.74, 6) is -0.455. The van der Waals surface area contributed by atoms with E-state index < -0.39 is 5.97 Å². The third-order valence-corrected chi connectivity index (χ3v) is 5.04. The number of thiophene rings is 1. The summed E-state index contributed by atoms with van der Waals surface area (Å²) in [5, 5.41) is 3.87. The normalized spacial score (nSPS) is 10.5. The number of anilines is 1. The summed E-state index contributed by atoms with van der Waals surface area (Å²) in [4.78, 5) is 33.5. The molecule has 2 rings (SSSR count). The predicted molar refractivity (Wildman–Crippen MR) is 95.8 cm³/mol. The van der Waals surface area contributed by atoms with E-state index in [1.165, 1.54) is 23.1 Å². The first-order valence-electron chi connectivity index (χ1n) is 7.55. The number of aryl methyl sites for hydroxylation is 2. The van der Waals surface area contributed by atoms with Crippen LogP contribution >= 0.6 is 23.1 Å². The molecule has 0 unspecified atom stereocenters. The van der Waals surface area contributed by atoms with Gasteiger partial charge in [-0.25, -0.2) is 14.8 Å². The van der Waals surface area contributed by atoms with E-state index in [9.17, 15) is 9.59 Å². The third-order valence-electron chi connectivity index (χ3n) is 2.98. The largest absolute Gasteiger partial charge is 0.462 e. The number of ether oxygens (including phenoxy) is 1. The summed E-state index contributed by atoms with van der Waals surface area (Å²) in [6.07, 6.45) is 2.45. The molecule has 0 aromatic carbocycles. The Morgan fingerprint density at radius 3 is 2.83 bits per heavy atom. The SMILES string of the molecule is CCOC(=O)c1cc(CC)sc1NC(=O)CSc1nccc(C)n1. The van der Waals surface area contributed by atoms with Crippen LogP contribution in [0.5, 0.6) is 0 Å². The Morgan fingerprint density at radius 1 is 1.38 bits per heavy atom. The summed E-state index contributed by atoms with van der Waals surface area (Å²) >= 11 is 2.65. The first kappa shape index (κ1) is 18.4. The van der Waals surface area contributed by atoms with Gasteiger partial charge in [0.1, 0.15) is 5.00 Å². The summed E-state index contributed by atoms with van der Waals surface area (Å²) in [6, 6.07) is 3.57. The number of hydrogen-bond donors (Lipinski definition) is 1. The predicted octanol–water partition coefficient (Wildman–Crippen LogP) is 3.32. The molecule has 2 aromatic heterocycles. The first-order chi connectivity index (χ1) is 11.5.